The Labute approximate surface area is 105 Å². The maximum Gasteiger partial charge on any atom is 0.413 e. The van der Waals surface area contributed by atoms with Gasteiger partial charge in [-0.15, -0.1) is 0 Å². The molecule has 18 heavy (non-hydrogen) atoms. The Bertz CT molecular complexity index is 552. The third-order valence-electron chi connectivity index (χ3n) is 3.04. The number of cyclic esters (lactones) is 1. The fourth-order valence-electron chi connectivity index (χ4n) is 1.88. The average Bonchev–Trinajstić information content (AvgIpc) is 3.19. The number of fused-ring (bicyclic) bond motifs is 1. The summed E-state index contributed by atoms with van der Waals surface area (Å²) in [5.41, 5.74) is 2.28. The van der Waals surface area contributed by atoms with Crippen molar-refractivity contribution in [2.24, 2.45) is 5.92 Å². The third kappa shape index (κ3) is 2.18. The van der Waals surface area contributed by atoms with E-state index < -0.39 is 12.2 Å². The number of hydrogen-bond donors (Lipinski definition) is 2. The zero-order valence-electron chi connectivity index (χ0n) is 9.77. The lowest BCUT2D eigenvalue weighted by atomic mass is 10.0. The van der Waals surface area contributed by atoms with Gasteiger partial charge in [0.05, 0.1) is 12.3 Å². The van der Waals surface area contributed by atoms with Crippen molar-refractivity contribution in [1.82, 2.24) is 0 Å². The number of rotatable bonds is 1. The highest BCUT2D eigenvalue weighted by Gasteiger charge is 2.26. The summed E-state index contributed by atoms with van der Waals surface area (Å²) in [5.74, 6) is 6.60. The molecule has 1 saturated carbocycles. The Morgan fingerprint density at radius 2 is 2.22 bits per heavy atom. The van der Waals surface area contributed by atoms with Gasteiger partial charge in [-0.2, -0.15) is 0 Å². The first-order valence-electron chi connectivity index (χ1n) is 5.98. The molecule has 0 saturated heterocycles. The van der Waals surface area contributed by atoms with E-state index >= 15 is 0 Å². The normalized spacial score (nSPS) is 21.2. The van der Waals surface area contributed by atoms with E-state index in [1.54, 1.807) is 6.07 Å². The highest BCUT2D eigenvalue weighted by Crippen LogP contribution is 2.32. The molecule has 1 fully saturated rings. The molecule has 1 heterocycles. The van der Waals surface area contributed by atoms with Crippen molar-refractivity contribution in [3.63, 3.8) is 0 Å². The van der Waals surface area contributed by atoms with E-state index in [9.17, 15) is 4.79 Å². The van der Waals surface area contributed by atoms with Crippen LogP contribution in [0.4, 0.5) is 10.5 Å². The molecule has 0 bridgehead atoms. The number of carbonyl (C=O) groups excluding carboxylic acids is 1. The predicted octanol–water partition coefficient (Wildman–Crippen LogP) is 2.20. The van der Waals surface area contributed by atoms with E-state index in [1.165, 1.54) is 0 Å². The topological polar surface area (TPSA) is 58.6 Å². The summed E-state index contributed by atoms with van der Waals surface area (Å²) in [4.78, 5) is 11.4. The van der Waals surface area contributed by atoms with Crippen LogP contribution < -0.4 is 5.32 Å². The van der Waals surface area contributed by atoms with Gasteiger partial charge in [-0.25, -0.2) is 4.79 Å². The maximum atomic E-state index is 11.4. The number of amides is 1. The second kappa shape index (κ2) is 4.35. The van der Waals surface area contributed by atoms with E-state index in [0.717, 1.165) is 24.0 Å². The van der Waals surface area contributed by atoms with Crippen molar-refractivity contribution >= 4 is 11.8 Å². The van der Waals surface area contributed by atoms with Gasteiger partial charge in [0.25, 0.3) is 0 Å². The van der Waals surface area contributed by atoms with Crippen LogP contribution in [0.2, 0.25) is 0 Å². The Morgan fingerprint density at radius 1 is 1.39 bits per heavy atom. The number of aliphatic hydroxyl groups excluding tert-OH is 1. The summed E-state index contributed by atoms with van der Waals surface area (Å²) in [5, 5.41) is 11.7. The number of hydrogen-bond acceptors (Lipinski definition) is 3. The van der Waals surface area contributed by atoms with Crippen LogP contribution in [0.5, 0.6) is 0 Å². The molecule has 1 unspecified atom stereocenters. The molecule has 1 aromatic rings. The van der Waals surface area contributed by atoms with Gasteiger partial charge >= 0.3 is 6.09 Å². The molecule has 92 valence electrons. The molecule has 2 N–H and O–H groups in total. The first-order valence-corrected chi connectivity index (χ1v) is 5.98. The zero-order valence-corrected chi connectivity index (χ0v) is 9.77. The SMILES string of the molecule is O=C1Nc2cc(CO)ccc2C(C#CC2CC2)O1. The van der Waals surface area contributed by atoms with Crippen LogP contribution in [0.1, 0.15) is 30.1 Å². The van der Waals surface area contributed by atoms with E-state index in [0.29, 0.717) is 11.6 Å². The molecule has 1 aromatic carbocycles. The van der Waals surface area contributed by atoms with E-state index in [4.69, 9.17) is 9.84 Å². The molecule has 1 atom stereocenters. The minimum Gasteiger partial charge on any atom is -0.428 e. The predicted molar refractivity (Wildman–Crippen MR) is 65.7 cm³/mol. The van der Waals surface area contributed by atoms with Crippen molar-refractivity contribution in [3.05, 3.63) is 29.3 Å². The molecule has 4 heteroatoms. The first-order chi connectivity index (χ1) is 8.76. The molecule has 0 aromatic heterocycles. The van der Waals surface area contributed by atoms with Gasteiger partial charge < -0.3 is 9.84 Å². The number of benzene rings is 1. The Hall–Kier alpha value is -1.99. The summed E-state index contributed by atoms with van der Waals surface area (Å²) in [6.07, 6.45) is 1.29. The summed E-state index contributed by atoms with van der Waals surface area (Å²) in [7, 11) is 0. The lowest BCUT2D eigenvalue weighted by Crippen LogP contribution is -2.24. The van der Waals surface area contributed by atoms with Crippen LogP contribution in [0.15, 0.2) is 18.2 Å². The standard InChI is InChI=1S/C14H13NO3/c16-8-10-3-5-11-12(7-10)15-14(17)18-13(11)6-4-9-1-2-9/h3,5,7,9,13,16H,1-2,8H2,(H,15,17). The van der Waals surface area contributed by atoms with Gasteiger partial charge in [0.2, 0.25) is 0 Å². The Morgan fingerprint density at radius 3 is 2.94 bits per heavy atom. The zero-order chi connectivity index (χ0) is 12.5. The molecular weight excluding hydrogens is 230 g/mol. The minimum absolute atomic E-state index is 0.0531. The number of ether oxygens (including phenoxy) is 1. The van der Waals surface area contributed by atoms with Gasteiger partial charge in [-0.3, -0.25) is 5.32 Å². The molecule has 2 aliphatic rings. The fourth-order valence-corrected chi connectivity index (χ4v) is 1.88. The number of nitrogens with one attached hydrogen (secondary N) is 1. The number of carbonyl (C=O) groups is 1. The third-order valence-corrected chi connectivity index (χ3v) is 3.04. The summed E-state index contributed by atoms with van der Waals surface area (Å²) in [6, 6.07) is 5.40. The van der Waals surface area contributed by atoms with Crippen LogP contribution in [0.25, 0.3) is 0 Å². The van der Waals surface area contributed by atoms with Crippen molar-refractivity contribution in [2.75, 3.05) is 5.32 Å². The van der Waals surface area contributed by atoms with Crippen molar-refractivity contribution in [3.8, 4) is 11.8 Å². The van der Waals surface area contributed by atoms with Crippen LogP contribution in [-0.2, 0) is 11.3 Å². The Kier molecular flexibility index (Phi) is 2.69. The van der Waals surface area contributed by atoms with Crippen LogP contribution in [0.3, 0.4) is 0 Å². The first kappa shape index (κ1) is 11.1. The average molecular weight is 243 g/mol. The molecule has 1 aliphatic heterocycles. The van der Waals surface area contributed by atoms with E-state index in [1.807, 2.05) is 12.1 Å². The second-order valence-corrected chi connectivity index (χ2v) is 4.55. The number of aliphatic hydroxyl groups is 1. The van der Waals surface area contributed by atoms with Crippen LogP contribution in [-0.4, -0.2) is 11.2 Å². The van der Waals surface area contributed by atoms with Gasteiger partial charge in [0.1, 0.15) is 0 Å². The molecule has 1 aliphatic carbocycles. The van der Waals surface area contributed by atoms with Gasteiger partial charge in [-0.1, -0.05) is 24.0 Å². The summed E-state index contributed by atoms with van der Waals surface area (Å²) < 4.78 is 5.18. The lowest BCUT2D eigenvalue weighted by molar-refractivity contribution is 0.134. The lowest BCUT2D eigenvalue weighted by Gasteiger charge is -2.23. The van der Waals surface area contributed by atoms with Gasteiger partial charge in [-0.05, 0) is 24.5 Å². The summed E-state index contributed by atoms with van der Waals surface area (Å²) >= 11 is 0. The molecule has 0 spiro atoms. The van der Waals surface area contributed by atoms with E-state index in [-0.39, 0.29) is 6.61 Å². The summed E-state index contributed by atoms with van der Waals surface area (Å²) in [6.45, 7) is -0.0531. The van der Waals surface area contributed by atoms with Crippen molar-refractivity contribution in [2.45, 2.75) is 25.6 Å². The van der Waals surface area contributed by atoms with Gasteiger partial charge in [0, 0.05) is 11.5 Å². The van der Waals surface area contributed by atoms with Gasteiger partial charge in [0.15, 0.2) is 6.10 Å². The fraction of sp³-hybridized carbons (Fsp3) is 0.357. The molecule has 1 amide bonds. The highest BCUT2D eigenvalue weighted by atomic mass is 16.6. The number of anilines is 1. The van der Waals surface area contributed by atoms with Crippen LogP contribution in [0, 0.1) is 17.8 Å². The largest absolute Gasteiger partial charge is 0.428 e. The molecular formula is C14H13NO3. The van der Waals surface area contributed by atoms with Crippen LogP contribution >= 0.6 is 0 Å². The minimum atomic E-state index is -0.498. The van der Waals surface area contributed by atoms with Crippen molar-refractivity contribution in [1.29, 1.82) is 0 Å². The highest BCUT2D eigenvalue weighted by molar-refractivity contribution is 5.88. The molecule has 4 nitrogen and oxygen atoms in total. The van der Waals surface area contributed by atoms with E-state index in [2.05, 4.69) is 17.2 Å². The Balaban J connectivity index is 1.94. The molecule has 3 rings (SSSR count). The quantitative estimate of drug-likeness (QED) is 0.743. The van der Waals surface area contributed by atoms with Crippen molar-refractivity contribution < 1.29 is 14.6 Å². The maximum absolute atomic E-state index is 11.4. The second-order valence-electron chi connectivity index (χ2n) is 4.55. The smallest absolute Gasteiger partial charge is 0.413 e. The molecule has 0 radical (unpaired) electrons. The monoisotopic (exact) mass is 243 g/mol.